The summed E-state index contributed by atoms with van der Waals surface area (Å²) in [4.78, 5) is 0.191. The molecule has 0 aliphatic heterocycles. The summed E-state index contributed by atoms with van der Waals surface area (Å²) in [7, 11) is -3.88. The molecule has 2 rings (SSSR count). The summed E-state index contributed by atoms with van der Waals surface area (Å²) in [5.41, 5.74) is 4.21. The molecule has 25 heavy (non-hydrogen) atoms. The molecule has 0 radical (unpaired) electrons. The molecule has 0 amide bonds. The van der Waals surface area contributed by atoms with Crippen molar-refractivity contribution < 1.29 is 13.5 Å². The predicted octanol–water partition coefficient (Wildman–Crippen LogP) is 3.58. The van der Waals surface area contributed by atoms with Gasteiger partial charge < -0.3 is 5.11 Å². The molecule has 0 heterocycles. The van der Waals surface area contributed by atoms with E-state index in [1.807, 2.05) is 43.3 Å². The Hall–Kier alpha value is -1.69. The van der Waals surface area contributed by atoms with Crippen LogP contribution in [0.3, 0.4) is 0 Å². The largest absolute Gasteiger partial charge is 0.396 e. The Balaban J connectivity index is 2.66. The van der Waals surface area contributed by atoms with Crippen LogP contribution in [-0.2, 0) is 22.9 Å². The fourth-order valence-corrected chi connectivity index (χ4v) is 4.33. The van der Waals surface area contributed by atoms with Crippen LogP contribution in [0, 0.1) is 6.92 Å². The molecule has 0 saturated heterocycles. The highest BCUT2D eigenvalue weighted by molar-refractivity contribution is 7.89. The lowest BCUT2D eigenvalue weighted by Gasteiger charge is -2.18. The van der Waals surface area contributed by atoms with Crippen molar-refractivity contribution in [2.75, 3.05) is 6.61 Å². The average Bonchev–Trinajstić information content (AvgIpc) is 2.54. The van der Waals surface area contributed by atoms with Crippen molar-refractivity contribution in [3.63, 3.8) is 0 Å². The summed E-state index contributed by atoms with van der Waals surface area (Å²) in [6.45, 7) is 3.98. The van der Waals surface area contributed by atoms with Gasteiger partial charge in [0, 0.05) is 6.61 Å². The van der Waals surface area contributed by atoms with Gasteiger partial charge in [-0.1, -0.05) is 61.7 Å². The first-order valence-corrected chi connectivity index (χ1v) is 10.3. The van der Waals surface area contributed by atoms with Gasteiger partial charge >= 0.3 is 0 Å². The van der Waals surface area contributed by atoms with Crippen molar-refractivity contribution in [1.29, 1.82) is 0 Å². The topological polar surface area (TPSA) is 80.4 Å². The number of nitrogens with two attached hydrogens (primary N) is 1. The van der Waals surface area contributed by atoms with Gasteiger partial charge in [0.15, 0.2) is 0 Å². The highest BCUT2D eigenvalue weighted by Crippen LogP contribution is 2.32. The van der Waals surface area contributed by atoms with E-state index < -0.39 is 10.0 Å². The van der Waals surface area contributed by atoms with Crippen LogP contribution in [0.15, 0.2) is 41.3 Å². The zero-order valence-corrected chi connectivity index (χ0v) is 15.8. The summed E-state index contributed by atoms with van der Waals surface area (Å²) in [6.07, 6.45) is 3.96. The fourth-order valence-electron chi connectivity index (χ4n) is 3.24. The summed E-state index contributed by atoms with van der Waals surface area (Å²) >= 11 is 0. The Bertz CT molecular complexity index is 829. The van der Waals surface area contributed by atoms with Crippen molar-refractivity contribution in [3.05, 3.63) is 53.1 Å². The van der Waals surface area contributed by atoms with E-state index in [9.17, 15) is 13.5 Å². The normalized spacial score (nSPS) is 11.7. The Labute approximate surface area is 150 Å². The van der Waals surface area contributed by atoms with E-state index >= 15 is 0 Å². The minimum absolute atomic E-state index is 0.125. The van der Waals surface area contributed by atoms with Crippen LogP contribution >= 0.6 is 0 Å². The van der Waals surface area contributed by atoms with E-state index in [1.54, 1.807) is 0 Å². The van der Waals surface area contributed by atoms with Gasteiger partial charge in [-0.2, -0.15) is 0 Å². The number of rotatable bonds is 8. The average molecular weight is 362 g/mol. The molecule has 0 saturated carbocycles. The highest BCUT2D eigenvalue weighted by Gasteiger charge is 2.22. The Morgan fingerprint density at radius 2 is 1.84 bits per heavy atom. The molecule has 3 N–H and O–H groups in total. The van der Waals surface area contributed by atoms with Gasteiger partial charge in [0.1, 0.15) is 0 Å². The minimum atomic E-state index is -3.88. The molecule has 0 bridgehead atoms. The standard InChI is InChI=1S/C20H27NO3S/c1-3-4-5-8-16-10-11-18(17-9-6-7-15(2)14-17)19(12-13-22)20(16)25(21,23)24/h6-7,9-11,14,22H,3-5,8,12-13H2,1-2H3,(H2,21,23,24). The van der Waals surface area contributed by atoms with Crippen molar-refractivity contribution in [2.24, 2.45) is 5.14 Å². The molecule has 0 aliphatic carbocycles. The van der Waals surface area contributed by atoms with Crippen molar-refractivity contribution in [2.45, 2.75) is 50.8 Å². The molecule has 5 heteroatoms. The second-order valence-corrected chi connectivity index (χ2v) is 7.92. The number of sulfonamides is 1. The predicted molar refractivity (Wildman–Crippen MR) is 102 cm³/mol. The number of benzene rings is 2. The number of aryl methyl sites for hydroxylation is 2. The summed E-state index contributed by atoms with van der Waals surface area (Å²) < 4.78 is 24.7. The van der Waals surface area contributed by atoms with Crippen LogP contribution in [0.25, 0.3) is 11.1 Å². The molecule has 4 nitrogen and oxygen atoms in total. The zero-order chi connectivity index (χ0) is 18.4. The third-order valence-corrected chi connectivity index (χ3v) is 5.44. The number of hydrogen-bond donors (Lipinski definition) is 2. The fraction of sp³-hybridized carbons (Fsp3) is 0.400. The Morgan fingerprint density at radius 1 is 1.08 bits per heavy atom. The lowest BCUT2D eigenvalue weighted by molar-refractivity contribution is 0.299. The van der Waals surface area contributed by atoms with E-state index in [1.165, 1.54) is 0 Å². The van der Waals surface area contributed by atoms with Crippen molar-refractivity contribution in [1.82, 2.24) is 0 Å². The number of unbranched alkanes of at least 4 members (excludes halogenated alkanes) is 2. The first kappa shape index (κ1) is 19.6. The van der Waals surface area contributed by atoms with E-state index in [4.69, 9.17) is 5.14 Å². The molecular weight excluding hydrogens is 334 g/mol. The maximum absolute atomic E-state index is 12.3. The Kier molecular flexibility index (Phi) is 6.76. The summed E-state index contributed by atoms with van der Waals surface area (Å²) in [5.74, 6) is 0. The Morgan fingerprint density at radius 3 is 2.44 bits per heavy atom. The maximum Gasteiger partial charge on any atom is 0.238 e. The molecule has 0 unspecified atom stereocenters. The molecule has 136 valence electrons. The third kappa shape index (κ3) is 4.91. The number of primary sulfonamides is 1. The lowest BCUT2D eigenvalue weighted by Crippen LogP contribution is -2.18. The van der Waals surface area contributed by atoms with Gasteiger partial charge in [0.2, 0.25) is 10.0 Å². The molecule has 0 fully saturated rings. The van der Waals surface area contributed by atoms with Crippen LogP contribution in [0.2, 0.25) is 0 Å². The van der Waals surface area contributed by atoms with Gasteiger partial charge in [0.25, 0.3) is 0 Å². The van der Waals surface area contributed by atoms with Crippen LogP contribution in [0.5, 0.6) is 0 Å². The smallest absolute Gasteiger partial charge is 0.238 e. The summed E-state index contributed by atoms with van der Waals surface area (Å²) in [6, 6.07) is 11.7. The molecule has 2 aromatic carbocycles. The van der Waals surface area contributed by atoms with Gasteiger partial charge in [-0.25, -0.2) is 13.6 Å². The zero-order valence-electron chi connectivity index (χ0n) is 15.0. The second kappa shape index (κ2) is 8.61. The van der Waals surface area contributed by atoms with Gasteiger partial charge in [0.05, 0.1) is 4.90 Å². The van der Waals surface area contributed by atoms with Crippen LogP contribution in [0.4, 0.5) is 0 Å². The number of aliphatic hydroxyl groups is 1. The minimum Gasteiger partial charge on any atom is -0.396 e. The highest BCUT2D eigenvalue weighted by atomic mass is 32.2. The SMILES string of the molecule is CCCCCc1ccc(-c2cccc(C)c2)c(CCO)c1S(N)(=O)=O. The van der Waals surface area contributed by atoms with Crippen LogP contribution < -0.4 is 5.14 Å². The quantitative estimate of drug-likeness (QED) is 0.705. The van der Waals surface area contributed by atoms with Gasteiger partial charge in [-0.05, 0) is 48.4 Å². The third-order valence-electron chi connectivity index (χ3n) is 4.37. The molecule has 0 spiro atoms. The molecule has 0 aromatic heterocycles. The lowest BCUT2D eigenvalue weighted by atomic mass is 9.93. The van der Waals surface area contributed by atoms with Crippen molar-refractivity contribution >= 4 is 10.0 Å². The van der Waals surface area contributed by atoms with E-state index in [2.05, 4.69) is 6.92 Å². The molecule has 0 atom stereocenters. The second-order valence-electron chi connectivity index (χ2n) is 6.43. The van der Waals surface area contributed by atoms with Crippen molar-refractivity contribution in [3.8, 4) is 11.1 Å². The van der Waals surface area contributed by atoms with E-state index in [-0.39, 0.29) is 17.9 Å². The summed E-state index contributed by atoms with van der Waals surface area (Å²) in [5, 5.41) is 15.1. The number of hydrogen-bond acceptors (Lipinski definition) is 3. The van der Waals surface area contributed by atoms with Crippen LogP contribution in [-0.4, -0.2) is 20.1 Å². The maximum atomic E-state index is 12.3. The van der Waals surface area contributed by atoms with Crippen LogP contribution in [0.1, 0.15) is 42.9 Å². The van der Waals surface area contributed by atoms with Gasteiger partial charge in [-0.15, -0.1) is 0 Å². The molecule has 0 aliphatic rings. The van der Waals surface area contributed by atoms with Gasteiger partial charge in [-0.3, -0.25) is 0 Å². The molecule has 2 aromatic rings. The van der Waals surface area contributed by atoms with E-state index in [0.29, 0.717) is 12.0 Å². The first-order valence-electron chi connectivity index (χ1n) is 8.74. The molecular formula is C20H27NO3S. The first-order chi connectivity index (χ1) is 11.9. The number of aliphatic hydroxyl groups excluding tert-OH is 1. The monoisotopic (exact) mass is 361 g/mol. The van der Waals surface area contributed by atoms with E-state index in [0.717, 1.165) is 41.5 Å².